The summed E-state index contributed by atoms with van der Waals surface area (Å²) in [6, 6.07) is 15.6. The minimum absolute atomic E-state index is 0.120. The van der Waals surface area contributed by atoms with Crippen LogP contribution in [0.4, 0.5) is 13.2 Å². The number of amides is 1. The van der Waals surface area contributed by atoms with Crippen LogP contribution in [0.25, 0.3) is 16.8 Å². The molecular weight excluding hydrogens is 487 g/mol. The molecule has 2 heterocycles. The molecule has 2 N–H and O–H groups in total. The van der Waals surface area contributed by atoms with Gasteiger partial charge in [0.1, 0.15) is 22.9 Å². The van der Waals surface area contributed by atoms with Crippen molar-refractivity contribution in [2.24, 2.45) is 0 Å². The minimum Gasteiger partial charge on any atom is -0.284 e. The summed E-state index contributed by atoms with van der Waals surface area (Å²) in [5.41, 5.74) is -4.42. The zero-order chi connectivity index (χ0) is 25.5. The Hall–Kier alpha value is -4.62. The van der Waals surface area contributed by atoms with E-state index in [9.17, 15) is 31.2 Å². The lowest BCUT2D eigenvalue weighted by atomic mass is 10.1. The second kappa shape index (κ2) is 8.30. The van der Waals surface area contributed by atoms with Gasteiger partial charge in [0.15, 0.2) is 5.65 Å². The Morgan fingerprint density at radius 3 is 2.57 bits per heavy atom. The van der Waals surface area contributed by atoms with Crippen molar-refractivity contribution in [3.63, 3.8) is 0 Å². The summed E-state index contributed by atoms with van der Waals surface area (Å²) in [6.45, 7) is 1.19. The fourth-order valence-corrected chi connectivity index (χ4v) is 4.33. The highest BCUT2D eigenvalue weighted by molar-refractivity contribution is 7.90. The average molecular weight is 499 g/mol. The second-order valence-electron chi connectivity index (χ2n) is 7.18. The zero-order valence-electron chi connectivity index (χ0n) is 17.6. The summed E-state index contributed by atoms with van der Waals surface area (Å²) >= 11 is 0. The van der Waals surface area contributed by atoms with E-state index in [-0.39, 0.29) is 16.8 Å². The Labute approximate surface area is 195 Å². The summed E-state index contributed by atoms with van der Waals surface area (Å²) in [6.07, 6.45) is -4.90. The molecule has 176 valence electrons. The maximum Gasteiger partial charge on any atom is 0.433 e. The Kier molecular flexibility index (Phi) is 5.58. The van der Waals surface area contributed by atoms with E-state index in [1.807, 2.05) is 5.10 Å². The number of aromatic amines is 1. The SMILES string of the molecule is Cc1nc2c(-c3ccccc3)c(C(F)(F)F)[nH]n2c(=O)c1C(=O)NS(=O)(=O)c1cc#cc(C#N)c1. The molecule has 0 bridgehead atoms. The van der Waals surface area contributed by atoms with E-state index < -0.39 is 55.0 Å². The van der Waals surface area contributed by atoms with Crippen LogP contribution in [0.5, 0.6) is 0 Å². The molecule has 0 unspecified atom stereocenters. The van der Waals surface area contributed by atoms with Gasteiger partial charge >= 0.3 is 6.18 Å². The average Bonchev–Trinajstić information content (AvgIpc) is 3.19. The third-order valence-electron chi connectivity index (χ3n) is 4.90. The van der Waals surface area contributed by atoms with Gasteiger partial charge in [0.25, 0.3) is 21.5 Å². The first-order valence-corrected chi connectivity index (χ1v) is 11.1. The Morgan fingerprint density at radius 1 is 1.26 bits per heavy atom. The zero-order valence-corrected chi connectivity index (χ0v) is 18.4. The molecule has 0 saturated heterocycles. The lowest BCUT2D eigenvalue weighted by molar-refractivity contribution is -0.140. The van der Waals surface area contributed by atoms with Crippen LogP contribution in [0.15, 0.2) is 52.2 Å². The maximum absolute atomic E-state index is 13.8. The summed E-state index contributed by atoms with van der Waals surface area (Å²) in [5.74, 6) is -1.41. The van der Waals surface area contributed by atoms with Gasteiger partial charge in [0, 0.05) is 6.07 Å². The van der Waals surface area contributed by atoms with Gasteiger partial charge in [0.2, 0.25) is 0 Å². The van der Waals surface area contributed by atoms with Gasteiger partial charge in [-0.2, -0.15) is 22.9 Å². The number of carbonyl (C=O) groups excluding carboxylic acids is 1. The van der Waals surface area contributed by atoms with Gasteiger partial charge in [-0.25, -0.2) is 18.1 Å². The van der Waals surface area contributed by atoms with Gasteiger partial charge < -0.3 is 0 Å². The van der Waals surface area contributed by atoms with Gasteiger partial charge in [0.05, 0.1) is 16.2 Å². The third kappa shape index (κ3) is 4.20. The van der Waals surface area contributed by atoms with Crippen molar-refractivity contribution in [1.29, 1.82) is 5.26 Å². The molecule has 4 aromatic rings. The van der Waals surface area contributed by atoms with E-state index in [1.165, 1.54) is 31.2 Å². The van der Waals surface area contributed by atoms with Crippen LogP contribution in [0.1, 0.15) is 27.3 Å². The molecule has 0 aliphatic heterocycles. The van der Waals surface area contributed by atoms with Gasteiger partial charge in [-0.1, -0.05) is 42.5 Å². The Balaban J connectivity index is 1.86. The van der Waals surface area contributed by atoms with Crippen molar-refractivity contribution in [3.8, 4) is 17.2 Å². The Morgan fingerprint density at radius 2 is 1.94 bits per heavy atom. The first kappa shape index (κ1) is 23.5. The number of nitriles is 1. The first-order chi connectivity index (χ1) is 16.4. The van der Waals surface area contributed by atoms with Crippen LogP contribution < -0.4 is 10.3 Å². The molecule has 0 atom stereocenters. The highest BCUT2D eigenvalue weighted by Crippen LogP contribution is 2.38. The molecule has 0 spiro atoms. The standard InChI is InChI=1S/C22H12F3N5O4S/c1-12-16(20(31)29-35(33,34)15-9-5-6-13(10-15)11-26)21(32)30-19(27-12)17(14-7-3-2-4-8-14)18(28-30)22(23,24)25/h2-4,7-10,28H,1H3,(H,29,31). The second-order valence-corrected chi connectivity index (χ2v) is 8.86. The summed E-state index contributed by atoms with van der Waals surface area (Å²) in [4.78, 5) is 29.3. The molecule has 13 heteroatoms. The fraction of sp³-hybridized carbons (Fsp3) is 0.0909. The van der Waals surface area contributed by atoms with Crippen LogP contribution in [-0.4, -0.2) is 28.9 Å². The molecule has 9 nitrogen and oxygen atoms in total. The van der Waals surface area contributed by atoms with Crippen molar-refractivity contribution >= 4 is 21.6 Å². The van der Waals surface area contributed by atoms with E-state index in [0.29, 0.717) is 4.52 Å². The van der Waals surface area contributed by atoms with Gasteiger partial charge in [-0.05, 0) is 18.6 Å². The predicted octanol–water partition coefficient (Wildman–Crippen LogP) is 2.61. The molecule has 2 aromatic carbocycles. The smallest absolute Gasteiger partial charge is 0.284 e. The summed E-state index contributed by atoms with van der Waals surface area (Å²) < 4.78 is 68.6. The number of benzene rings is 1. The fourth-order valence-electron chi connectivity index (χ4n) is 3.38. The molecule has 0 saturated carbocycles. The lowest BCUT2D eigenvalue weighted by Crippen LogP contribution is -2.36. The number of hydrogen-bond acceptors (Lipinski definition) is 6. The normalized spacial score (nSPS) is 11.6. The van der Waals surface area contributed by atoms with Crippen molar-refractivity contribution in [2.75, 3.05) is 0 Å². The molecule has 1 amide bonds. The monoisotopic (exact) mass is 499 g/mol. The Bertz CT molecular complexity index is 1680. The molecule has 0 aliphatic carbocycles. The number of aromatic nitrogens is 3. The summed E-state index contributed by atoms with van der Waals surface area (Å²) in [5, 5.41) is 10.9. The number of rotatable bonds is 4. The van der Waals surface area contributed by atoms with Crippen LogP contribution in [0.3, 0.4) is 0 Å². The molecule has 2 aromatic heterocycles. The van der Waals surface area contributed by atoms with E-state index in [0.717, 1.165) is 12.1 Å². The largest absolute Gasteiger partial charge is 0.433 e. The van der Waals surface area contributed by atoms with Gasteiger partial charge in [-0.3, -0.25) is 14.7 Å². The molecule has 4 rings (SSSR count). The quantitative estimate of drug-likeness (QED) is 0.443. The first-order valence-electron chi connectivity index (χ1n) is 9.62. The van der Waals surface area contributed by atoms with Crippen molar-refractivity contribution in [3.05, 3.63) is 87.5 Å². The number of alkyl halides is 3. The van der Waals surface area contributed by atoms with E-state index in [2.05, 4.69) is 17.1 Å². The van der Waals surface area contributed by atoms with Crippen molar-refractivity contribution in [2.45, 2.75) is 18.0 Å². The third-order valence-corrected chi connectivity index (χ3v) is 6.21. The molecular formula is C22H12F3N5O4S. The van der Waals surface area contributed by atoms with E-state index in [1.54, 1.807) is 16.9 Å². The topological polar surface area (TPSA) is 137 Å². The number of H-pyrrole nitrogens is 1. The maximum atomic E-state index is 13.8. The highest BCUT2D eigenvalue weighted by Gasteiger charge is 2.38. The number of fused-ring (bicyclic) bond motifs is 1. The number of hydrogen-bond donors (Lipinski definition) is 2. The molecule has 0 fully saturated rings. The number of carbonyl (C=O) groups is 1. The number of sulfonamides is 1. The van der Waals surface area contributed by atoms with Crippen LogP contribution in [-0.2, 0) is 16.2 Å². The highest BCUT2D eigenvalue weighted by atomic mass is 32.2. The van der Waals surface area contributed by atoms with Crippen molar-refractivity contribution in [1.82, 2.24) is 19.3 Å². The predicted molar refractivity (Wildman–Crippen MR) is 114 cm³/mol. The van der Waals surface area contributed by atoms with Gasteiger partial charge in [-0.15, -0.1) is 0 Å². The minimum atomic E-state index is -4.90. The number of halogens is 3. The molecule has 0 aliphatic rings. The van der Waals surface area contributed by atoms with Crippen LogP contribution >= 0.6 is 0 Å². The van der Waals surface area contributed by atoms with E-state index >= 15 is 0 Å². The molecule has 0 radical (unpaired) electrons. The number of nitrogens with one attached hydrogen (secondary N) is 2. The number of aryl methyl sites for hydroxylation is 1. The number of nitrogens with zero attached hydrogens (tertiary/aromatic N) is 3. The van der Waals surface area contributed by atoms with Crippen molar-refractivity contribution < 1.29 is 26.4 Å². The van der Waals surface area contributed by atoms with E-state index in [4.69, 9.17) is 5.26 Å². The molecule has 35 heavy (non-hydrogen) atoms. The van der Waals surface area contributed by atoms with Crippen LogP contribution in [0, 0.1) is 30.4 Å². The van der Waals surface area contributed by atoms with Crippen LogP contribution in [0.2, 0.25) is 0 Å². The summed E-state index contributed by atoms with van der Waals surface area (Å²) in [7, 11) is -4.56. The lowest BCUT2D eigenvalue weighted by Gasteiger charge is -2.09.